The summed E-state index contributed by atoms with van der Waals surface area (Å²) in [6.07, 6.45) is 1.45. The van der Waals surface area contributed by atoms with Crippen molar-refractivity contribution in [1.29, 1.82) is 0 Å². The van der Waals surface area contributed by atoms with Crippen molar-refractivity contribution < 1.29 is 9.53 Å². The molecule has 130 valence electrons. The molecular formula is C21H24N2O2. The number of hydrogen-bond donors (Lipinski definition) is 0. The predicted molar refractivity (Wildman–Crippen MR) is 97.6 cm³/mol. The number of nitrogens with zero attached hydrogens (tertiary/aromatic N) is 2. The third-order valence-corrected chi connectivity index (χ3v) is 5.08. The third kappa shape index (κ3) is 3.85. The number of amides is 1. The van der Waals surface area contributed by atoms with E-state index < -0.39 is 0 Å². The lowest BCUT2D eigenvalue weighted by atomic mass is 10.1. The van der Waals surface area contributed by atoms with Crippen molar-refractivity contribution in [2.24, 2.45) is 0 Å². The number of hydrogen-bond acceptors (Lipinski definition) is 3. The zero-order chi connectivity index (χ0) is 17.1. The molecule has 1 amide bonds. The Kier molecular flexibility index (Phi) is 4.70. The molecule has 4 heteroatoms. The summed E-state index contributed by atoms with van der Waals surface area (Å²) in [5.74, 6) is 1.21. The molecule has 0 spiro atoms. The van der Waals surface area contributed by atoms with Gasteiger partial charge in [0.2, 0.25) is 5.91 Å². The molecule has 4 nitrogen and oxygen atoms in total. The smallest absolute Gasteiger partial charge is 0.227 e. The Hall–Kier alpha value is -2.33. The van der Waals surface area contributed by atoms with Crippen LogP contribution in [0.1, 0.15) is 16.7 Å². The molecule has 2 aliphatic rings. The van der Waals surface area contributed by atoms with E-state index in [9.17, 15) is 4.79 Å². The van der Waals surface area contributed by atoms with Crippen molar-refractivity contribution in [3.05, 3.63) is 65.2 Å². The quantitative estimate of drug-likeness (QED) is 0.860. The van der Waals surface area contributed by atoms with Gasteiger partial charge in [-0.2, -0.15) is 0 Å². The Labute approximate surface area is 149 Å². The SMILES string of the molecule is O=C(Cc1ccc2c(c1)CCO2)N1CCN(Cc2ccccc2)CC1. The van der Waals surface area contributed by atoms with Gasteiger partial charge >= 0.3 is 0 Å². The molecule has 1 fully saturated rings. The summed E-state index contributed by atoms with van der Waals surface area (Å²) in [6.45, 7) is 5.25. The Balaban J connectivity index is 1.29. The van der Waals surface area contributed by atoms with Crippen molar-refractivity contribution in [2.75, 3.05) is 32.8 Å². The van der Waals surface area contributed by atoms with Crippen LogP contribution in [0.25, 0.3) is 0 Å². The van der Waals surface area contributed by atoms with Gasteiger partial charge in [0.25, 0.3) is 0 Å². The van der Waals surface area contributed by atoms with Crippen LogP contribution in [0.5, 0.6) is 5.75 Å². The fraction of sp³-hybridized carbons (Fsp3) is 0.381. The van der Waals surface area contributed by atoms with E-state index in [1.54, 1.807) is 0 Å². The monoisotopic (exact) mass is 336 g/mol. The van der Waals surface area contributed by atoms with Gasteiger partial charge in [0.1, 0.15) is 5.75 Å². The Morgan fingerprint density at radius 3 is 2.56 bits per heavy atom. The summed E-state index contributed by atoms with van der Waals surface area (Å²) in [4.78, 5) is 17.0. The Morgan fingerprint density at radius 1 is 0.960 bits per heavy atom. The summed E-state index contributed by atoms with van der Waals surface area (Å²) in [6, 6.07) is 16.7. The van der Waals surface area contributed by atoms with E-state index in [4.69, 9.17) is 4.74 Å². The first-order valence-electron chi connectivity index (χ1n) is 9.06. The van der Waals surface area contributed by atoms with Crippen LogP contribution in [-0.4, -0.2) is 48.5 Å². The number of ether oxygens (including phenoxy) is 1. The van der Waals surface area contributed by atoms with Crippen LogP contribution in [0.4, 0.5) is 0 Å². The van der Waals surface area contributed by atoms with Crippen molar-refractivity contribution >= 4 is 5.91 Å². The van der Waals surface area contributed by atoms with Crippen molar-refractivity contribution in [3.63, 3.8) is 0 Å². The summed E-state index contributed by atoms with van der Waals surface area (Å²) in [7, 11) is 0. The molecule has 0 radical (unpaired) electrons. The van der Waals surface area contributed by atoms with E-state index in [1.165, 1.54) is 11.1 Å². The van der Waals surface area contributed by atoms with Crippen LogP contribution < -0.4 is 4.74 Å². The van der Waals surface area contributed by atoms with Crippen LogP contribution in [-0.2, 0) is 24.2 Å². The molecule has 25 heavy (non-hydrogen) atoms. The molecular weight excluding hydrogens is 312 g/mol. The number of benzene rings is 2. The number of rotatable bonds is 4. The minimum atomic E-state index is 0.234. The Bertz CT molecular complexity index is 737. The Morgan fingerprint density at radius 2 is 1.76 bits per heavy atom. The maximum Gasteiger partial charge on any atom is 0.227 e. The number of carbonyl (C=O) groups is 1. The van der Waals surface area contributed by atoms with Gasteiger partial charge in [-0.25, -0.2) is 0 Å². The maximum atomic E-state index is 12.6. The fourth-order valence-corrected chi connectivity index (χ4v) is 3.63. The first kappa shape index (κ1) is 16.2. The van der Waals surface area contributed by atoms with Crippen molar-refractivity contribution in [1.82, 2.24) is 9.80 Å². The summed E-state index contributed by atoms with van der Waals surface area (Å²) < 4.78 is 5.53. The van der Waals surface area contributed by atoms with Crippen LogP contribution in [0.3, 0.4) is 0 Å². The first-order chi connectivity index (χ1) is 12.3. The lowest BCUT2D eigenvalue weighted by molar-refractivity contribution is -0.132. The van der Waals surface area contributed by atoms with E-state index in [2.05, 4.69) is 35.2 Å². The summed E-state index contributed by atoms with van der Waals surface area (Å²) in [5, 5.41) is 0. The highest BCUT2D eigenvalue weighted by molar-refractivity contribution is 5.79. The zero-order valence-corrected chi connectivity index (χ0v) is 14.5. The minimum absolute atomic E-state index is 0.234. The molecule has 4 rings (SSSR count). The molecule has 2 heterocycles. The molecule has 0 bridgehead atoms. The first-order valence-corrected chi connectivity index (χ1v) is 9.06. The molecule has 2 aromatic rings. The molecule has 0 N–H and O–H groups in total. The highest BCUT2D eigenvalue weighted by atomic mass is 16.5. The predicted octanol–water partition coefficient (Wildman–Crippen LogP) is 2.51. The highest BCUT2D eigenvalue weighted by Crippen LogP contribution is 2.26. The number of carbonyl (C=O) groups excluding carboxylic acids is 1. The third-order valence-electron chi connectivity index (χ3n) is 5.08. The van der Waals surface area contributed by atoms with Gasteiger partial charge < -0.3 is 9.64 Å². The van der Waals surface area contributed by atoms with Gasteiger partial charge in [-0.1, -0.05) is 42.5 Å². The van der Waals surface area contributed by atoms with Crippen LogP contribution in [0.15, 0.2) is 48.5 Å². The van der Waals surface area contributed by atoms with E-state index in [1.807, 2.05) is 23.1 Å². The molecule has 0 aliphatic carbocycles. The number of piperazine rings is 1. The molecule has 1 saturated heterocycles. The van der Waals surface area contributed by atoms with Crippen molar-refractivity contribution in [2.45, 2.75) is 19.4 Å². The standard InChI is InChI=1S/C21H24N2O2/c24-21(15-18-6-7-20-19(14-18)8-13-25-20)23-11-9-22(10-12-23)16-17-4-2-1-3-5-17/h1-7,14H,8-13,15-16H2. The summed E-state index contributed by atoms with van der Waals surface area (Å²) >= 11 is 0. The fourth-order valence-electron chi connectivity index (χ4n) is 3.63. The van der Waals surface area contributed by atoms with E-state index >= 15 is 0 Å². The average Bonchev–Trinajstić information content (AvgIpc) is 3.11. The molecule has 0 unspecified atom stereocenters. The topological polar surface area (TPSA) is 32.8 Å². The maximum absolute atomic E-state index is 12.6. The second kappa shape index (κ2) is 7.28. The molecule has 2 aliphatic heterocycles. The molecule has 0 saturated carbocycles. The van der Waals surface area contributed by atoms with Gasteiger partial charge in [-0.3, -0.25) is 9.69 Å². The summed E-state index contributed by atoms with van der Waals surface area (Å²) in [5.41, 5.74) is 3.67. The number of fused-ring (bicyclic) bond motifs is 1. The van der Waals surface area contributed by atoms with Gasteiger partial charge in [0.05, 0.1) is 13.0 Å². The van der Waals surface area contributed by atoms with Crippen molar-refractivity contribution in [3.8, 4) is 5.75 Å². The molecule has 0 aromatic heterocycles. The van der Waals surface area contributed by atoms with E-state index in [0.29, 0.717) is 6.42 Å². The van der Waals surface area contributed by atoms with Crippen LogP contribution >= 0.6 is 0 Å². The van der Waals surface area contributed by atoms with Crippen LogP contribution in [0.2, 0.25) is 0 Å². The van der Waals surface area contributed by atoms with E-state index in [-0.39, 0.29) is 5.91 Å². The van der Waals surface area contributed by atoms with Gasteiger partial charge in [-0.05, 0) is 22.8 Å². The normalized spacial score (nSPS) is 17.2. The average molecular weight is 336 g/mol. The van der Waals surface area contributed by atoms with Crippen LogP contribution in [0, 0.1) is 0 Å². The van der Waals surface area contributed by atoms with Gasteiger partial charge in [-0.15, -0.1) is 0 Å². The van der Waals surface area contributed by atoms with Gasteiger partial charge in [0, 0.05) is 39.1 Å². The lowest BCUT2D eigenvalue weighted by Crippen LogP contribution is -2.48. The largest absolute Gasteiger partial charge is 0.493 e. The minimum Gasteiger partial charge on any atom is -0.493 e. The van der Waals surface area contributed by atoms with Gasteiger partial charge in [0.15, 0.2) is 0 Å². The van der Waals surface area contributed by atoms with E-state index in [0.717, 1.165) is 57.1 Å². The molecule has 0 atom stereocenters. The highest BCUT2D eigenvalue weighted by Gasteiger charge is 2.22. The molecule has 2 aromatic carbocycles. The second-order valence-electron chi connectivity index (χ2n) is 6.86. The zero-order valence-electron chi connectivity index (χ0n) is 14.5. The second-order valence-corrected chi connectivity index (χ2v) is 6.86. The lowest BCUT2D eigenvalue weighted by Gasteiger charge is -2.34.